The van der Waals surface area contributed by atoms with Gasteiger partial charge in [0.2, 0.25) is 0 Å². The first kappa shape index (κ1) is 20.9. The lowest BCUT2D eigenvalue weighted by atomic mass is 10.0. The second-order valence-electron chi connectivity index (χ2n) is 4.27. The molecule has 0 amide bonds. The van der Waals surface area contributed by atoms with Gasteiger partial charge in [0.25, 0.3) is 0 Å². The molecule has 124 valence electrons. The quantitative estimate of drug-likeness (QED) is 0.253. The smallest absolute Gasteiger partial charge is 0.327 e. The van der Waals surface area contributed by atoms with Crippen LogP contribution in [-0.4, -0.2) is 9.79 Å². The van der Waals surface area contributed by atoms with Crippen LogP contribution in [0.15, 0.2) is 51.1 Å². The van der Waals surface area contributed by atoms with E-state index in [2.05, 4.69) is 95.6 Å². The molecular formula is C13H7Br6O3P. The summed E-state index contributed by atoms with van der Waals surface area (Å²) < 4.78 is 10.3. The monoisotopic (exact) mass is 716 g/mol. The molecule has 0 heterocycles. The highest BCUT2D eigenvalue weighted by molar-refractivity contribution is 9.15. The van der Waals surface area contributed by atoms with E-state index in [-0.39, 0.29) is 0 Å². The van der Waals surface area contributed by atoms with Crippen molar-refractivity contribution in [1.82, 2.24) is 0 Å². The van der Waals surface area contributed by atoms with Gasteiger partial charge in [-0.2, -0.15) is 0 Å². The normalized spacial score (nSPS) is 11.6. The van der Waals surface area contributed by atoms with Gasteiger partial charge < -0.3 is 9.79 Å². The van der Waals surface area contributed by atoms with Crippen LogP contribution in [-0.2, 0) is 4.52 Å². The van der Waals surface area contributed by atoms with Crippen molar-refractivity contribution < 1.29 is 14.3 Å². The van der Waals surface area contributed by atoms with Gasteiger partial charge in [0.1, 0.15) is 6.10 Å². The zero-order valence-corrected chi connectivity index (χ0v) is 21.3. The first-order chi connectivity index (χ1) is 10.7. The Labute approximate surface area is 185 Å². The van der Waals surface area contributed by atoms with Gasteiger partial charge in [0, 0.05) is 38.0 Å². The molecule has 10 heteroatoms. The molecule has 0 bridgehead atoms. The molecule has 0 radical (unpaired) electrons. The summed E-state index contributed by atoms with van der Waals surface area (Å²) in [5.74, 6) is 0. The molecule has 2 aromatic rings. The fourth-order valence-corrected chi connectivity index (χ4v) is 5.30. The molecule has 2 aromatic carbocycles. The van der Waals surface area contributed by atoms with Crippen LogP contribution in [0.5, 0.6) is 0 Å². The van der Waals surface area contributed by atoms with Crippen LogP contribution < -0.4 is 0 Å². The van der Waals surface area contributed by atoms with Crippen LogP contribution >= 0.6 is 104 Å². The Morgan fingerprint density at radius 3 is 1.43 bits per heavy atom. The minimum absolute atomic E-state index is 0.673. The topological polar surface area (TPSA) is 49.7 Å². The lowest BCUT2D eigenvalue weighted by molar-refractivity contribution is 0.203. The van der Waals surface area contributed by atoms with Crippen molar-refractivity contribution in [1.29, 1.82) is 0 Å². The van der Waals surface area contributed by atoms with E-state index in [1.807, 2.05) is 24.3 Å². The lowest BCUT2D eigenvalue weighted by Crippen LogP contribution is -2.06. The third-order valence-electron chi connectivity index (χ3n) is 2.89. The van der Waals surface area contributed by atoms with Gasteiger partial charge in [0.05, 0.1) is 0 Å². The molecule has 0 aromatic heterocycles. The highest BCUT2D eigenvalue weighted by Gasteiger charge is 2.26. The van der Waals surface area contributed by atoms with Gasteiger partial charge in [0.15, 0.2) is 0 Å². The third kappa shape index (κ3) is 4.87. The van der Waals surface area contributed by atoms with Crippen LogP contribution in [0.2, 0.25) is 0 Å². The predicted octanol–water partition coefficient (Wildman–Crippen LogP) is 7.58. The Bertz CT molecular complexity index is 683. The Hall–Kier alpha value is 1.63. The van der Waals surface area contributed by atoms with Crippen molar-refractivity contribution in [2.75, 3.05) is 0 Å². The van der Waals surface area contributed by atoms with Gasteiger partial charge >= 0.3 is 8.60 Å². The summed E-state index contributed by atoms with van der Waals surface area (Å²) >= 11 is 20.9. The first-order valence-corrected chi connectivity index (χ1v) is 11.8. The van der Waals surface area contributed by atoms with Crippen LogP contribution in [0.1, 0.15) is 17.2 Å². The lowest BCUT2D eigenvalue weighted by Gasteiger charge is -2.23. The number of hydrogen-bond donors (Lipinski definition) is 2. The Morgan fingerprint density at radius 2 is 1.09 bits per heavy atom. The van der Waals surface area contributed by atoms with Gasteiger partial charge in [-0.3, -0.25) is 4.52 Å². The van der Waals surface area contributed by atoms with Crippen LogP contribution in [0.4, 0.5) is 0 Å². The zero-order chi connectivity index (χ0) is 17.3. The first-order valence-electron chi connectivity index (χ1n) is 5.85. The summed E-state index contributed by atoms with van der Waals surface area (Å²) in [5.41, 5.74) is 1.51. The van der Waals surface area contributed by atoms with E-state index in [1.54, 1.807) is 0 Å². The molecule has 0 aliphatic rings. The number of rotatable bonds is 4. The van der Waals surface area contributed by atoms with Gasteiger partial charge in [-0.05, 0) is 108 Å². The Balaban J connectivity index is 2.64. The van der Waals surface area contributed by atoms with E-state index in [0.29, 0.717) is 0 Å². The SMILES string of the molecule is OP(O)OC(c1ccc(Br)c(Br)c1Br)c1ccc(Br)c(Br)c1Br. The molecule has 0 aliphatic heterocycles. The fourth-order valence-electron chi connectivity index (χ4n) is 1.86. The molecular weight excluding hydrogens is 715 g/mol. The zero-order valence-electron chi connectivity index (χ0n) is 10.9. The van der Waals surface area contributed by atoms with Crippen molar-refractivity contribution in [2.45, 2.75) is 6.10 Å². The molecule has 0 spiro atoms. The highest BCUT2D eigenvalue weighted by atomic mass is 79.9. The molecule has 3 nitrogen and oxygen atoms in total. The molecule has 23 heavy (non-hydrogen) atoms. The van der Waals surface area contributed by atoms with Crippen molar-refractivity contribution in [3.8, 4) is 0 Å². The predicted molar refractivity (Wildman–Crippen MR) is 113 cm³/mol. The molecule has 0 atom stereocenters. The van der Waals surface area contributed by atoms with Gasteiger partial charge in [-0.1, -0.05) is 12.1 Å². The summed E-state index contributed by atoms with van der Waals surface area (Å²) in [6, 6.07) is 7.42. The second kappa shape index (κ2) is 9.02. The standard InChI is InChI=1S/C13H7Br6O3P/c14-7-3-1-5(9(16)11(7)18)13(22-23(20)21)6-2-4-8(15)12(19)10(6)17/h1-4,13,20-21H. The van der Waals surface area contributed by atoms with E-state index in [1.165, 1.54) is 0 Å². The fraction of sp³-hybridized carbons (Fsp3) is 0.0769. The van der Waals surface area contributed by atoms with Gasteiger partial charge in [-0.25, -0.2) is 0 Å². The molecule has 0 fully saturated rings. The van der Waals surface area contributed by atoms with Crippen LogP contribution in [0.25, 0.3) is 0 Å². The molecule has 2 rings (SSSR count). The van der Waals surface area contributed by atoms with E-state index >= 15 is 0 Å². The molecule has 0 aliphatic carbocycles. The maximum Gasteiger partial charge on any atom is 0.327 e. The third-order valence-corrected chi connectivity index (χ3v) is 10.1. The molecule has 2 N–H and O–H groups in total. The average Bonchev–Trinajstić information content (AvgIpc) is 2.49. The molecule has 0 saturated heterocycles. The van der Waals surface area contributed by atoms with Crippen molar-refractivity contribution in [2.24, 2.45) is 0 Å². The number of hydrogen-bond acceptors (Lipinski definition) is 3. The molecule has 0 unspecified atom stereocenters. The summed E-state index contributed by atoms with van der Waals surface area (Å²) in [7, 11) is -2.54. The largest absolute Gasteiger partial charge is 0.328 e. The number of benzene rings is 2. The van der Waals surface area contributed by atoms with Crippen molar-refractivity contribution in [3.63, 3.8) is 0 Å². The summed E-state index contributed by atoms with van der Waals surface area (Å²) in [5, 5.41) is 0. The summed E-state index contributed by atoms with van der Waals surface area (Å²) in [4.78, 5) is 18.8. The van der Waals surface area contributed by atoms with E-state index < -0.39 is 14.7 Å². The van der Waals surface area contributed by atoms with Gasteiger partial charge in [-0.15, -0.1) is 0 Å². The van der Waals surface area contributed by atoms with Crippen LogP contribution in [0, 0.1) is 0 Å². The van der Waals surface area contributed by atoms with Crippen LogP contribution in [0.3, 0.4) is 0 Å². The van der Waals surface area contributed by atoms with Crippen molar-refractivity contribution >= 4 is 104 Å². The van der Waals surface area contributed by atoms with Crippen molar-refractivity contribution in [3.05, 3.63) is 62.2 Å². The highest BCUT2D eigenvalue weighted by Crippen LogP contribution is 2.47. The van der Waals surface area contributed by atoms with E-state index in [4.69, 9.17) is 4.52 Å². The Morgan fingerprint density at radius 1 is 0.696 bits per heavy atom. The van der Waals surface area contributed by atoms with E-state index in [9.17, 15) is 9.79 Å². The molecule has 0 saturated carbocycles. The minimum Gasteiger partial charge on any atom is -0.328 e. The maximum atomic E-state index is 9.40. The minimum atomic E-state index is -2.54. The van der Waals surface area contributed by atoms with E-state index in [0.717, 1.165) is 38.0 Å². The maximum absolute atomic E-state index is 9.40. The summed E-state index contributed by atoms with van der Waals surface area (Å²) in [6.45, 7) is 0. The summed E-state index contributed by atoms with van der Waals surface area (Å²) in [6.07, 6.45) is -0.673. The number of halogens is 6. The second-order valence-corrected chi connectivity index (χ2v) is 9.86. The average molecular weight is 722 g/mol. The Kier molecular flexibility index (Phi) is 8.21.